The molecule has 1 aromatic carbocycles. The van der Waals surface area contributed by atoms with Crippen molar-refractivity contribution in [1.82, 2.24) is 0 Å². The number of rotatable bonds is 4. The summed E-state index contributed by atoms with van der Waals surface area (Å²) in [5.41, 5.74) is 2.94. The molecule has 1 rings (SSSR count). The molecule has 2 heteroatoms. The maximum Gasteiger partial charge on any atom is 0.0788 e. The zero-order chi connectivity index (χ0) is 11.5. The fourth-order valence-corrected chi connectivity index (χ4v) is 1.34. The molecule has 0 saturated carbocycles. The van der Waals surface area contributed by atoms with E-state index >= 15 is 0 Å². The van der Waals surface area contributed by atoms with Gasteiger partial charge in [-0.3, -0.25) is 0 Å². The molecule has 0 aliphatic rings. The summed E-state index contributed by atoms with van der Waals surface area (Å²) in [6.07, 6.45) is 0.755. The van der Waals surface area contributed by atoms with E-state index in [4.69, 9.17) is 0 Å². The van der Waals surface area contributed by atoms with Crippen LogP contribution in [-0.2, 0) is 0 Å². The molecule has 0 fully saturated rings. The summed E-state index contributed by atoms with van der Waals surface area (Å²) >= 11 is 0. The minimum atomic E-state index is -0.629. The molecule has 1 atom stereocenters. The molecule has 1 aromatic rings. The Morgan fingerprint density at radius 1 is 1.33 bits per heavy atom. The van der Waals surface area contributed by atoms with Crippen LogP contribution in [0.3, 0.4) is 0 Å². The highest BCUT2D eigenvalue weighted by molar-refractivity contribution is 5.52. The number of benzene rings is 1. The van der Waals surface area contributed by atoms with Crippen LogP contribution in [-0.4, -0.2) is 17.3 Å². The molecule has 0 saturated heterocycles. The minimum Gasteiger partial charge on any atom is -0.388 e. The van der Waals surface area contributed by atoms with Crippen molar-refractivity contribution >= 4 is 5.69 Å². The summed E-state index contributed by atoms with van der Waals surface area (Å²) in [4.78, 5) is 0. The third-order valence-electron chi connectivity index (χ3n) is 2.81. The second-order valence-electron chi connectivity index (χ2n) is 4.52. The molecule has 2 N–H and O–H groups in total. The lowest BCUT2D eigenvalue weighted by atomic mass is 10.0. The summed E-state index contributed by atoms with van der Waals surface area (Å²) in [6, 6.07) is 6.30. The second kappa shape index (κ2) is 4.67. The maximum absolute atomic E-state index is 9.88. The van der Waals surface area contributed by atoms with Gasteiger partial charge in [0.25, 0.3) is 0 Å². The smallest absolute Gasteiger partial charge is 0.0788 e. The highest BCUT2D eigenvalue weighted by Crippen LogP contribution is 2.18. The van der Waals surface area contributed by atoms with E-state index in [1.165, 1.54) is 11.1 Å². The first-order valence-electron chi connectivity index (χ1n) is 5.48. The average molecular weight is 207 g/mol. The molecule has 0 heterocycles. The SMILES string of the molecule is CCC(C)(O)CNc1cc(C)ccc1C. The third kappa shape index (κ3) is 3.56. The number of aryl methyl sites for hydroxylation is 2. The van der Waals surface area contributed by atoms with Crippen LogP contribution in [0.5, 0.6) is 0 Å². The van der Waals surface area contributed by atoms with E-state index in [0.29, 0.717) is 6.54 Å². The van der Waals surface area contributed by atoms with Gasteiger partial charge in [0.15, 0.2) is 0 Å². The predicted octanol–water partition coefficient (Wildman–Crippen LogP) is 2.88. The van der Waals surface area contributed by atoms with Crippen LogP contribution in [0.4, 0.5) is 5.69 Å². The summed E-state index contributed by atoms with van der Waals surface area (Å²) < 4.78 is 0. The molecule has 0 aliphatic carbocycles. The lowest BCUT2D eigenvalue weighted by molar-refractivity contribution is 0.0697. The van der Waals surface area contributed by atoms with Gasteiger partial charge < -0.3 is 10.4 Å². The van der Waals surface area contributed by atoms with Crippen molar-refractivity contribution in [3.05, 3.63) is 29.3 Å². The number of hydrogen-bond acceptors (Lipinski definition) is 2. The molecular weight excluding hydrogens is 186 g/mol. The molecule has 0 aliphatic heterocycles. The molecular formula is C13H21NO. The van der Waals surface area contributed by atoms with Crippen LogP contribution < -0.4 is 5.32 Å². The van der Waals surface area contributed by atoms with Gasteiger partial charge in [-0.25, -0.2) is 0 Å². The normalized spacial score (nSPS) is 14.7. The number of aliphatic hydroxyl groups is 1. The fraction of sp³-hybridized carbons (Fsp3) is 0.538. The Morgan fingerprint density at radius 3 is 2.60 bits per heavy atom. The molecule has 0 bridgehead atoms. The first kappa shape index (κ1) is 12.1. The predicted molar refractivity (Wildman–Crippen MR) is 65.3 cm³/mol. The van der Waals surface area contributed by atoms with Crippen LogP contribution in [0, 0.1) is 13.8 Å². The van der Waals surface area contributed by atoms with Crippen LogP contribution in [0.2, 0.25) is 0 Å². The summed E-state index contributed by atoms with van der Waals surface area (Å²) in [5, 5.41) is 13.2. The Labute approximate surface area is 92.3 Å². The molecule has 0 amide bonds. The summed E-state index contributed by atoms with van der Waals surface area (Å²) in [6.45, 7) is 8.58. The summed E-state index contributed by atoms with van der Waals surface area (Å²) in [5.74, 6) is 0. The molecule has 0 radical (unpaired) electrons. The molecule has 2 nitrogen and oxygen atoms in total. The van der Waals surface area contributed by atoms with E-state index in [2.05, 4.69) is 37.4 Å². The van der Waals surface area contributed by atoms with Crippen LogP contribution in [0.1, 0.15) is 31.4 Å². The van der Waals surface area contributed by atoms with Gasteiger partial charge in [-0.15, -0.1) is 0 Å². The van der Waals surface area contributed by atoms with E-state index in [9.17, 15) is 5.11 Å². The van der Waals surface area contributed by atoms with Gasteiger partial charge in [0.2, 0.25) is 0 Å². The van der Waals surface area contributed by atoms with Gasteiger partial charge in [-0.05, 0) is 44.4 Å². The van der Waals surface area contributed by atoms with Crippen LogP contribution in [0.15, 0.2) is 18.2 Å². The van der Waals surface area contributed by atoms with Crippen molar-refractivity contribution in [3.63, 3.8) is 0 Å². The van der Waals surface area contributed by atoms with E-state index in [1.54, 1.807) is 0 Å². The molecule has 1 unspecified atom stereocenters. The average Bonchev–Trinajstić information content (AvgIpc) is 2.20. The van der Waals surface area contributed by atoms with Gasteiger partial charge in [-0.2, -0.15) is 0 Å². The molecule has 0 aromatic heterocycles. The highest BCUT2D eigenvalue weighted by Gasteiger charge is 2.16. The van der Waals surface area contributed by atoms with Gasteiger partial charge >= 0.3 is 0 Å². The van der Waals surface area contributed by atoms with Crippen LogP contribution in [0.25, 0.3) is 0 Å². The monoisotopic (exact) mass is 207 g/mol. The Bertz CT molecular complexity index is 331. The topological polar surface area (TPSA) is 32.3 Å². The second-order valence-corrected chi connectivity index (χ2v) is 4.52. The van der Waals surface area contributed by atoms with E-state index < -0.39 is 5.60 Å². The zero-order valence-corrected chi connectivity index (χ0v) is 10.1. The Hall–Kier alpha value is -1.02. The van der Waals surface area contributed by atoms with Crippen molar-refractivity contribution < 1.29 is 5.11 Å². The Kier molecular flexibility index (Phi) is 3.75. The molecule has 15 heavy (non-hydrogen) atoms. The largest absolute Gasteiger partial charge is 0.388 e. The zero-order valence-electron chi connectivity index (χ0n) is 10.1. The van der Waals surface area contributed by atoms with Gasteiger partial charge in [0, 0.05) is 12.2 Å². The first-order valence-corrected chi connectivity index (χ1v) is 5.48. The van der Waals surface area contributed by atoms with Crippen molar-refractivity contribution in [1.29, 1.82) is 0 Å². The Balaban J connectivity index is 2.69. The maximum atomic E-state index is 9.88. The number of anilines is 1. The molecule has 84 valence electrons. The summed E-state index contributed by atoms with van der Waals surface area (Å²) in [7, 11) is 0. The minimum absolute atomic E-state index is 0.591. The number of nitrogens with one attached hydrogen (secondary N) is 1. The lowest BCUT2D eigenvalue weighted by Gasteiger charge is -2.23. The van der Waals surface area contributed by atoms with Crippen molar-refractivity contribution in [2.24, 2.45) is 0 Å². The lowest BCUT2D eigenvalue weighted by Crippen LogP contribution is -2.32. The van der Waals surface area contributed by atoms with Crippen molar-refractivity contribution in [3.8, 4) is 0 Å². The quantitative estimate of drug-likeness (QED) is 0.795. The van der Waals surface area contributed by atoms with Crippen molar-refractivity contribution in [2.75, 3.05) is 11.9 Å². The van der Waals surface area contributed by atoms with E-state index in [-0.39, 0.29) is 0 Å². The van der Waals surface area contributed by atoms with Crippen molar-refractivity contribution in [2.45, 2.75) is 39.7 Å². The van der Waals surface area contributed by atoms with Gasteiger partial charge in [0.05, 0.1) is 5.60 Å². The first-order chi connectivity index (χ1) is 6.94. The van der Waals surface area contributed by atoms with E-state index in [0.717, 1.165) is 12.1 Å². The van der Waals surface area contributed by atoms with Crippen LogP contribution >= 0.6 is 0 Å². The highest BCUT2D eigenvalue weighted by atomic mass is 16.3. The van der Waals surface area contributed by atoms with Gasteiger partial charge in [-0.1, -0.05) is 19.1 Å². The van der Waals surface area contributed by atoms with E-state index in [1.807, 2.05) is 13.8 Å². The standard InChI is InChI=1S/C13H21NO/c1-5-13(4,15)9-14-12-8-10(2)6-7-11(12)3/h6-8,14-15H,5,9H2,1-4H3. The Morgan fingerprint density at radius 2 is 2.00 bits per heavy atom. The fourth-order valence-electron chi connectivity index (χ4n) is 1.34. The molecule has 0 spiro atoms. The third-order valence-corrected chi connectivity index (χ3v) is 2.81. The number of hydrogen-bond donors (Lipinski definition) is 2. The van der Waals surface area contributed by atoms with Gasteiger partial charge in [0.1, 0.15) is 0 Å².